The number of aromatic nitrogens is 5. The third-order valence-corrected chi connectivity index (χ3v) is 4.39. The van der Waals surface area contributed by atoms with Crippen LogP contribution in [-0.2, 0) is 25.4 Å². The normalized spacial score (nSPS) is 11.6. The molecule has 9 nitrogen and oxygen atoms in total. The van der Waals surface area contributed by atoms with Gasteiger partial charge in [-0.25, -0.2) is 14.8 Å². The van der Waals surface area contributed by atoms with Crippen molar-refractivity contribution in [3.05, 3.63) is 69.8 Å². The van der Waals surface area contributed by atoms with Crippen LogP contribution in [0, 0.1) is 0 Å². The fourth-order valence-electron chi connectivity index (χ4n) is 2.83. The molecule has 9 heteroatoms. The van der Waals surface area contributed by atoms with Gasteiger partial charge in [-0.1, -0.05) is 18.7 Å². The smallest absolute Gasteiger partial charge is 0.315 e. The number of allylic oxidation sites excluding steroid dienone is 3. The maximum absolute atomic E-state index is 12.4. The predicted octanol–water partition coefficient (Wildman–Crippen LogP) is 1.06. The molecule has 28 heavy (non-hydrogen) atoms. The van der Waals surface area contributed by atoms with Gasteiger partial charge >= 0.3 is 5.69 Å². The Hall–Kier alpha value is -3.75. The summed E-state index contributed by atoms with van der Waals surface area (Å²) in [6.07, 6.45) is 6.59. The number of nitrogens with one attached hydrogen (secondary N) is 1. The van der Waals surface area contributed by atoms with Gasteiger partial charge in [-0.15, -0.1) is 0 Å². The maximum atomic E-state index is 12.4. The molecule has 0 atom stereocenters. The largest absolute Gasteiger partial charge is 0.332 e. The van der Waals surface area contributed by atoms with E-state index in [-0.39, 0.29) is 23.6 Å². The lowest BCUT2D eigenvalue weighted by atomic mass is 10.1. The molecule has 3 heterocycles. The third-order valence-electron chi connectivity index (χ3n) is 4.39. The number of aryl methyl sites for hydroxylation is 1. The van der Waals surface area contributed by atoms with E-state index in [2.05, 4.69) is 21.9 Å². The molecule has 0 spiro atoms. The van der Waals surface area contributed by atoms with Crippen LogP contribution in [0.3, 0.4) is 0 Å². The molecule has 0 saturated heterocycles. The number of anilines is 1. The first-order valence-corrected chi connectivity index (χ1v) is 8.50. The number of amides is 1. The van der Waals surface area contributed by atoms with Gasteiger partial charge in [0.25, 0.3) is 5.56 Å². The van der Waals surface area contributed by atoms with E-state index in [1.54, 1.807) is 18.3 Å². The second-order valence-electron chi connectivity index (χ2n) is 6.32. The van der Waals surface area contributed by atoms with Crippen molar-refractivity contribution >= 4 is 28.5 Å². The molecule has 0 fully saturated rings. The summed E-state index contributed by atoms with van der Waals surface area (Å²) in [7, 11) is 2.91. The van der Waals surface area contributed by atoms with Crippen LogP contribution in [-0.4, -0.2) is 29.6 Å². The molecule has 1 amide bonds. The molecule has 0 aliphatic rings. The second kappa shape index (κ2) is 7.47. The summed E-state index contributed by atoms with van der Waals surface area (Å²) in [5, 5.41) is 2.69. The molecule has 0 unspecified atom stereocenters. The molecule has 0 bridgehead atoms. The summed E-state index contributed by atoms with van der Waals surface area (Å²) < 4.78 is 3.67. The fourth-order valence-corrected chi connectivity index (χ4v) is 2.83. The van der Waals surface area contributed by atoms with E-state index < -0.39 is 11.2 Å². The van der Waals surface area contributed by atoms with Crippen LogP contribution in [0.4, 0.5) is 5.82 Å². The zero-order valence-corrected chi connectivity index (χ0v) is 15.8. The van der Waals surface area contributed by atoms with Gasteiger partial charge in [0, 0.05) is 20.3 Å². The Morgan fingerprint density at radius 3 is 2.61 bits per heavy atom. The molecule has 0 aromatic carbocycles. The highest BCUT2D eigenvalue weighted by Gasteiger charge is 2.16. The number of rotatable bonds is 5. The highest BCUT2D eigenvalue weighted by Crippen LogP contribution is 2.14. The van der Waals surface area contributed by atoms with Crippen LogP contribution in [0.25, 0.3) is 16.7 Å². The van der Waals surface area contributed by atoms with Crippen molar-refractivity contribution in [2.24, 2.45) is 14.1 Å². The van der Waals surface area contributed by atoms with E-state index in [0.717, 1.165) is 15.7 Å². The Kier molecular flexibility index (Phi) is 5.08. The number of nitrogens with zero attached hydrogens (tertiary/aromatic N) is 5. The topological polar surface area (TPSA) is 104 Å². The maximum Gasteiger partial charge on any atom is 0.332 e. The first-order valence-electron chi connectivity index (χ1n) is 8.50. The molecule has 0 aliphatic carbocycles. The van der Waals surface area contributed by atoms with Gasteiger partial charge in [-0.2, -0.15) is 0 Å². The van der Waals surface area contributed by atoms with Crippen molar-refractivity contribution in [1.82, 2.24) is 23.7 Å². The van der Waals surface area contributed by atoms with E-state index >= 15 is 0 Å². The summed E-state index contributed by atoms with van der Waals surface area (Å²) in [6.45, 7) is 5.46. The molecule has 0 radical (unpaired) electrons. The molecule has 3 rings (SSSR count). The minimum Gasteiger partial charge on any atom is -0.315 e. The summed E-state index contributed by atoms with van der Waals surface area (Å²) in [5.41, 5.74) is 1.36. The average Bonchev–Trinajstić information content (AvgIpc) is 3.09. The van der Waals surface area contributed by atoms with Crippen molar-refractivity contribution in [1.29, 1.82) is 0 Å². The first kappa shape index (κ1) is 19.0. The second-order valence-corrected chi connectivity index (χ2v) is 6.32. The fraction of sp³-hybridized carbons (Fsp3) is 0.211. The van der Waals surface area contributed by atoms with Gasteiger partial charge < -0.3 is 9.88 Å². The van der Waals surface area contributed by atoms with Gasteiger partial charge in [0.2, 0.25) is 5.91 Å². The molecule has 3 aromatic heterocycles. The SMILES string of the molecule is C=CC=C(C)c1ccc(NC(=O)Cn2cnc3c2c(=O)n(C)c(=O)n3C)nc1. The minimum absolute atomic E-state index is 0.136. The Morgan fingerprint density at radius 2 is 1.96 bits per heavy atom. The van der Waals surface area contributed by atoms with Crippen LogP contribution in [0.15, 0.2) is 53.0 Å². The van der Waals surface area contributed by atoms with Crippen molar-refractivity contribution in [3.8, 4) is 0 Å². The Labute approximate surface area is 160 Å². The standard InChI is InChI=1S/C19H20N6O3/c1-5-6-12(2)13-7-8-14(20-9-13)22-15(26)10-25-11-21-17-16(25)18(27)24(4)19(28)23(17)3/h5-9,11H,1,10H2,2-4H3,(H,20,22,26). The van der Waals surface area contributed by atoms with Gasteiger partial charge in [0.1, 0.15) is 12.4 Å². The molecule has 3 aromatic rings. The van der Waals surface area contributed by atoms with Crippen LogP contribution >= 0.6 is 0 Å². The van der Waals surface area contributed by atoms with Gasteiger partial charge in [-0.3, -0.25) is 18.7 Å². The van der Waals surface area contributed by atoms with Crippen LogP contribution in [0.1, 0.15) is 12.5 Å². The van der Waals surface area contributed by atoms with Gasteiger partial charge in [0.15, 0.2) is 11.2 Å². The van der Waals surface area contributed by atoms with E-state index in [1.165, 1.54) is 29.6 Å². The lowest BCUT2D eigenvalue weighted by Gasteiger charge is -2.08. The van der Waals surface area contributed by atoms with Crippen LogP contribution < -0.4 is 16.6 Å². The molecule has 144 valence electrons. The monoisotopic (exact) mass is 380 g/mol. The third kappa shape index (κ3) is 3.41. The van der Waals surface area contributed by atoms with E-state index in [9.17, 15) is 14.4 Å². The molecule has 0 aliphatic heterocycles. The number of imidazole rings is 1. The van der Waals surface area contributed by atoms with Crippen LogP contribution in [0.5, 0.6) is 0 Å². The number of carbonyl (C=O) groups is 1. The molecule has 1 N–H and O–H groups in total. The Bertz CT molecular complexity index is 1210. The van der Waals surface area contributed by atoms with Crippen molar-refractivity contribution in [2.75, 3.05) is 5.32 Å². The summed E-state index contributed by atoms with van der Waals surface area (Å²) in [4.78, 5) is 45.1. The van der Waals surface area contributed by atoms with E-state index in [1.807, 2.05) is 19.1 Å². The lowest BCUT2D eigenvalue weighted by Crippen LogP contribution is -2.37. The zero-order valence-electron chi connectivity index (χ0n) is 15.8. The van der Waals surface area contributed by atoms with E-state index in [4.69, 9.17) is 0 Å². The molecular formula is C19H20N6O3. The van der Waals surface area contributed by atoms with Crippen LogP contribution in [0.2, 0.25) is 0 Å². The summed E-state index contributed by atoms with van der Waals surface area (Å²) in [5.74, 6) is 0.0266. The molecular weight excluding hydrogens is 360 g/mol. The highest BCUT2D eigenvalue weighted by molar-refractivity contribution is 5.90. The summed E-state index contributed by atoms with van der Waals surface area (Å²) in [6, 6.07) is 3.54. The Balaban J connectivity index is 1.83. The van der Waals surface area contributed by atoms with Crippen molar-refractivity contribution in [3.63, 3.8) is 0 Å². The zero-order chi connectivity index (χ0) is 20.4. The summed E-state index contributed by atoms with van der Waals surface area (Å²) >= 11 is 0. The first-order chi connectivity index (χ1) is 13.3. The quantitative estimate of drug-likeness (QED) is 0.667. The minimum atomic E-state index is -0.504. The number of hydrogen-bond donors (Lipinski definition) is 1. The Morgan fingerprint density at radius 1 is 1.21 bits per heavy atom. The van der Waals surface area contributed by atoms with E-state index in [0.29, 0.717) is 5.82 Å². The number of fused-ring (bicyclic) bond motifs is 1. The predicted molar refractivity (Wildman–Crippen MR) is 107 cm³/mol. The lowest BCUT2D eigenvalue weighted by molar-refractivity contribution is -0.116. The molecule has 0 saturated carbocycles. The number of pyridine rings is 1. The van der Waals surface area contributed by atoms with Gasteiger partial charge in [0.05, 0.1) is 6.33 Å². The average molecular weight is 380 g/mol. The highest BCUT2D eigenvalue weighted by atomic mass is 16.2. The number of carbonyl (C=O) groups excluding carboxylic acids is 1. The van der Waals surface area contributed by atoms with Gasteiger partial charge in [-0.05, 0) is 30.2 Å². The number of hydrogen-bond acceptors (Lipinski definition) is 5. The van der Waals surface area contributed by atoms with Crippen molar-refractivity contribution < 1.29 is 4.79 Å². The van der Waals surface area contributed by atoms with Crippen molar-refractivity contribution in [2.45, 2.75) is 13.5 Å².